The molecule has 3 atom stereocenters. The first-order valence-corrected chi connectivity index (χ1v) is 4.46. The second kappa shape index (κ2) is 3.09. The van der Waals surface area contributed by atoms with Crippen LogP contribution >= 0.6 is 0 Å². The molecule has 2 saturated heterocycles. The first-order valence-electron chi connectivity index (χ1n) is 4.46. The molecule has 0 aromatic rings. The molecular formula is C8H16N2O. The third kappa shape index (κ3) is 1.72. The lowest BCUT2D eigenvalue weighted by molar-refractivity contribution is 0.0967. The summed E-state index contributed by atoms with van der Waals surface area (Å²) in [5, 5.41) is 0. The van der Waals surface area contributed by atoms with Crippen LogP contribution in [0.3, 0.4) is 0 Å². The van der Waals surface area contributed by atoms with E-state index in [1.165, 1.54) is 19.4 Å². The predicted octanol–water partition coefficient (Wildman–Crippen LogP) is -0.192. The van der Waals surface area contributed by atoms with Crippen molar-refractivity contribution in [2.75, 3.05) is 26.2 Å². The maximum absolute atomic E-state index is 5.52. The Hall–Kier alpha value is -0.120. The van der Waals surface area contributed by atoms with E-state index < -0.39 is 0 Å². The van der Waals surface area contributed by atoms with Crippen LogP contribution in [0.1, 0.15) is 12.8 Å². The molecule has 2 fully saturated rings. The highest BCUT2D eigenvalue weighted by atomic mass is 16.5. The van der Waals surface area contributed by atoms with Gasteiger partial charge in [-0.05, 0) is 12.8 Å². The zero-order chi connectivity index (χ0) is 7.68. The number of nitrogens with two attached hydrogens (primary N) is 1. The minimum absolute atomic E-state index is 0.506. The van der Waals surface area contributed by atoms with Gasteiger partial charge in [0.05, 0.1) is 6.10 Å². The fourth-order valence-corrected chi connectivity index (χ4v) is 1.72. The lowest BCUT2D eigenvalue weighted by Crippen LogP contribution is -2.21. The largest absolute Gasteiger partial charge is 0.377 e. The summed E-state index contributed by atoms with van der Waals surface area (Å²) in [6.45, 7) is 4.08. The maximum Gasteiger partial charge on any atom is 0.0702 e. The molecule has 0 aromatic carbocycles. The van der Waals surface area contributed by atoms with Gasteiger partial charge in [0.25, 0.3) is 0 Å². The summed E-state index contributed by atoms with van der Waals surface area (Å²) >= 11 is 0. The van der Waals surface area contributed by atoms with E-state index in [1.807, 2.05) is 0 Å². The first kappa shape index (κ1) is 7.53. The van der Waals surface area contributed by atoms with Gasteiger partial charge in [0.2, 0.25) is 0 Å². The van der Waals surface area contributed by atoms with Crippen LogP contribution in [0, 0.1) is 0 Å². The van der Waals surface area contributed by atoms with Crippen molar-refractivity contribution in [1.82, 2.24) is 4.90 Å². The summed E-state index contributed by atoms with van der Waals surface area (Å²) in [7, 11) is 0. The van der Waals surface area contributed by atoms with Gasteiger partial charge in [-0.3, -0.25) is 4.90 Å². The zero-order valence-corrected chi connectivity index (χ0v) is 6.83. The fourth-order valence-electron chi connectivity index (χ4n) is 1.72. The van der Waals surface area contributed by atoms with Gasteiger partial charge >= 0.3 is 0 Å². The molecule has 0 bridgehead atoms. The van der Waals surface area contributed by atoms with Crippen LogP contribution < -0.4 is 5.73 Å². The molecule has 3 heteroatoms. The Kier molecular flexibility index (Phi) is 2.11. The number of hydrogen-bond acceptors (Lipinski definition) is 3. The Bertz CT molecular complexity index is 134. The maximum atomic E-state index is 5.52. The van der Waals surface area contributed by atoms with E-state index in [9.17, 15) is 0 Å². The Labute approximate surface area is 67.5 Å². The number of rotatable bonds is 3. The van der Waals surface area contributed by atoms with E-state index in [0.717, 1.165) is 19.7 Å². The van der Waals surface area contributed by atoms with Crippen LogP contribution in [-0.2, 0) is 4.74 Å². The molecule has 2 aliphatic heterocycles. The second-order valence-electron chi connectivity index (χ2n) is 3.48. The second-order valence-corrected chi connectivity index (χ2v) is 3.48. The Balaban J connectivity index is 1.66. The van der Waals surface area contributed by atoms with Crippen molar-refractivity contribution in [2.24, 2.45) is 5.73 Å². The van der Waals surface area contributed by atoms with Gasteiger partial charge in [-0.15, -0.1) is 0 Å². The van der Waals surface area contributed by atoms with Crippen LogP contribution in [0.5, 0.6) is 0 Å². The summed E-state index contributed by atoms with van der Waals surface area (Å²) in [6.07, 6.45) is 2.99. The molecule has 0 aromatic heterocycles. The Morgan fingerprint density at radius 1 is 1.55 bits per heavy atom. The molecule has 0 amide bonds. The van der Waals surface area contributed by atoms with Gasteiger partial charge < -0.3 is 10.5 Å². The highest BCUT2D eigenvalue weighted by molar-refractivity contribution is 4.91. The summed E-state index contributed by atoms with van der Waals surface area (Å²) in [5.41, 5.74) is 5.52. The molecule has 64 valence electrons. The summed E-state index contributed by atoms with van der Waals surface area (Å²) in [6, 6.07) is 0.666. The van der Waals surface area contributed by atoms with Gasteiger partial charge in [-0.2, -0.15) is 0 Å². The summed E-state index contributed by atoms with van der Waals surface area (Å²) < 4.78 is 5.51. The molecule has 2 heterocycles. The zero-order valence-electron chi connectivity index (χ0n) is 6.83. The van der Waals surface area contributed by atoms with Crippen molar-refractivity contribution in [2.45, 2.75) is 25.0 Å². The van der Waals surface area contributed by atoms with Crippen molar-refractivity contribution in [3.8, 4) is 0 Å². The van der Waals surface area contributed by atoms with Crippen molar-refractivity contribution in [3.05, 3.63) is 0 Å². The van der Waals surface area contributed by atoms with E-state index in [2.05, 4.69) is 4.90 Å². The molecule has 2 rings (SSSR count). The molecule has 2 aliphatic rings. The van der Waals surface area contributed by atoms with Crippen molar-refractivity contribution in [3.63, 3.8) is 0 Å². The molecule has 3 unspecified atom stereocenters. The molecule has 2 N–H and O–H groups in total. The first-order chi connectivity index (χ1) is 5.40. The smallest absolute Gasteiger partial charge is 0.0702 e. The van der Waals surface area contributed by atoms with Crippen LogP contribution in [-0.4, -0.2) is 43.3 Å². The third-order valence-corrected chi connectivity index (χ3v) is 2.56. The van der Waals surface area contributed by atoms with Crippen molar-refractivity contribution < 1.29 is 4.74 Å². The lowest BCUT2D eigenvalue weighted by Gasteiger charge is -2.09. The van der Waals surface area contributed by atoms with Gasteiger partial charge in [0.1, 0.15) is 0 Å². The highest BCUT2D eigenvalue weighted by Crippen LogP contribution is 2.21. The molecule has 0 radical (unpaired) electrons. The molecule has 11 heavy (non-hydrogen) atoms. The molecule has 0 spiro atoms. The molecule has 3 nitrogen and oxygen atoms in total. The third-order valence-electron chi connectivity index (χ3n) is 2.56. The number of ether oxygens (including phenoxy) is 1. The molecule has 0 aliphatic carbocycles. The van der Waals surface area contributed by atoms with Crippen LogP contribution in [0.15, 0.2) is 0 Å². The SMILES string of the molecule is NCC1CN1CC1CCCO1. The van der Waals surface area contributed by atoms with E-state index in [-0.39, 0.29) is 0 Å². The van der Waals surface area contributed by atoms with Crippen LogP contribution in [0.25, 0.3) is 0 Å². The van der Waals surface area contributed by atoms with Gasteiger partial charge in [0, 0.05) is 32.3 Å². The lowest BCUT2D eigenvalue weighted by atomic mass is 10.2. The van der Waals surface area contributed by atoms with Gasteiger partial charge in [0.15, 0.2) is 0 Å². The van der Waals surface area contributed by atoms with Crippen LogP contribution in [0.4, 0.5) is 0 Å². The standard InChI is InChI=1S/C8H16N2O/c9-4-7-5-10(7)6-8-2-1-3-11-8/h7-8H,1-6,9H2. The fraction of sp³-hybridized carbons (Fsp3) is 1.00. The van der Waals surface area contributed by atoms with E-state index in [4.69, 9.17) is 10.5 Å². The minimum Gasteiger partial charge on any atom is -0.377 e. The topological polar surface area (TPSA) is 38.3 Å². The minimum atomic E-state index is 0.506. The van der Waals surface area contributed by atoms with Crippen molar-refractivity contribution in [1.29, 1.82) is 0 Å². The average Bonchev–Trinajstić information content (AvgIpc) is 2.54. The van der Waals surface area contributed by atoms with E-state index >= 15 is 0 Å². The van der Waals surface area contributed by atoms with Gasteiger partial charge in [-0.1, -0.05) is 0 Å². The monoisotopic (exact) mass is 156 g/mol. The van der Waals surface area contributed by atoms with E-state index in [0.29, 0.717) is 12.1 Å². The number of hydrogen-bond donors (Lipinski definition) is 1. The molecular weight excluding hydrogens is 140 g/mol. The normalized spacial score (nSPS) is 42.8. The quantitative estimate of drug-likeness (QED) is 0.575. The highest BCUT2D eigenvalue weighted by Gasteiger charge is 2.34. The molecule has 0 saturated carbocycles. The summed E-state index contributed by atoms with van der Waals surface area (Å²) in [5.74, 6) is 0. The summed E-state index contributed by atoms with van der Waals surface area (Å²) in [4.78, 5) is 2.40. The van der Waals surface area contributed by atoms with Crippen LogP contribution in [0.2, 0.25) is 0 Å². The number of nitrogens with zero attached hydrogens (tertiary/aromatic N) is 1. The van der Waals surface area contributed by atoms with Crippen molar-refractivity contribution >= 4 is 0 Å². The predicted molar refractivity (Wildman–Crippen MR) is 43.4 cm³/mol. The van der Waals surface area contributed by atoms with E-state index in [1.54, 1.807) is 0 Å². The average molecular weight is 156 g/mol. The Morgan fingerprint density at radius 3 is 3.00 bits per heavy atom. The Morgan fingerprint density at radius 2 is 2.45 bits per heavy atom. The van der Waals surface area contributed by atoms with Gasteiger partial charge in [-0.25, -0.2) is 0 Å².